The second-order valence-corrected chi connectivity index (χ2v) is 8.93. The molecule has 0 aliphatic carbocycles. The van der Waals surface area contributed by atoms with Crippen molar-refractivity contribution < 1.29 is 17.9 Å². The van der Waals surface area contributed by atoms with E-state index in [1.54, 1.807) is 13.1 Å². The average Bonchev–Trinajstić information content (AvgIpc) is 3.06. The number of ether oxygens (including phenoxy) is 1. The van der Waals surface area contributed by atoms with Crippen LogP contribution in [0.2, 0.25) is 0 Å². The molecular formula is C18H23N3O4S2. The van der Waals surface area contributed by atoms with Crippen LogP contribution in [0.5, 0.6) is 0 Å². The molecule has 0 saturated carbocycles. The normalized spacial score (nSPS) is 11.6. The molecule has 0 aliphatic heterocycles. The summed E-state index contributed by atoms with van der Waals surface area (Å²) in [5.41, 5.74) is 4.76. The molecule has 1 aromatic heterocycles. The fourth-order valence-corrected chi connectivity index (χ4v) is 5.14. The third-order valence-electron chi connectivity index (χ3n) is 3.74. The highest BCUT2D eigenvalue weighted by Gasteiger charge is 2.26. The number of thiophene rings is 1. The van der Waals surface area contributed by atoms with E-state index in [-0.39, 0.29) is 21.2 Å². The second kappa shape index (κ2) is 9.01. The van der Waals surface area contributed by atoms with Crippen LogP contribution < -0.4 is 10.3 Å². The number of nitrogens with zero attached hydrogens (tertiary/aromatic N) is 2. The zero-order valence-electron chi connectivity index (χ0n) is 15.7. The molecule has 2 aromatic rings. The molecule has 0 unspecified atom stereocenters. The fourth-order valence-electron chi connectivity index (χ4n) is 2.33. The SMILES string of the molecule is CCCS(=O)(=O)c1csc(C(=O)OC)c1NN=Cc1ccc(N(C)C)cc1. The number of hydrogen-bond acceptors (Lipinski definition) is 8. The molecule has 0 bridgehead atoms. The second-order valence-electron chi connectivity index (χ2n) is 5.97. The standard InChI is InChI=1S/C18H23N3O4S2/c1-5-10-27(23,24)15-12-26-17(18(22)25-4)16(15)20-19-11-13-6-8-14(9-7-13)21(2)3/h6-9,11-12,20H,5,10H2,1-4H3. The van der Waals surface area contributed by atoms with Gasteiger partial charge >= 0.3 is 5.97 Å². The third-order valence-corrected chi connectivity index (χ3v) is 6.78. The first-order chi connectivity index (χ1) is 12.8. The lowest BCUT2D eigenvalue weighted by Gasteiger charge is -2.11. The number of rotatable bonds is 8. The van der Waals surface area contributed by atoms with Gasteiger partial charge in [0, 0.05) is 25.2 Å². The van der Waals surface area contributed by atoms with Gasteiger partial charge in [-0.05, 0) is 24.1 Å². The molecule has 0 spiro atoms. The Hall–Kier alpha value is -2.39. The molecule has 0 amide bonds. The van der Waals surface area contributed by atoms with E-state index < -0.39 is 15.8 Å². The minimum atomic E-state index is -3.51. The Morgan fingerprint density at radius 2 is 1.96 bits per heavy atom. The number of esters is 1. The molecule has 27 heavy (non-hydrogen) atoms. The van der Waals surface area contributed by atoms with Gasteiger partial charge < -0.3 is 9.64 Å². The Balaban J connectivity index is 2.30. The van der Waals surface area contributed by atoms with Gasteiger partial charge in [0.05, 0.1) is 19.1 Å². The van der Waals surface area contributed by atoms with Gasteiger partial charge in [0.25, 0.3) is 0 Å². The summed E-state index contributed by atoms with van der Waals surface area (Å²) in [6, 6.07) is 7.68. The predicted octanol–water partition coefficient (Wildman–Crippen LogP) is 3.23. The summed E-state index contributed by atoms with van der Waals surface area (Å²) in [5.74, 6) is -0.611. The largest absolute Gasteiger partial charge is 0.465 e. The molecule has 146 valence electrons. The maximum atomic E-state index is 12.5. The Bertz CT molecular complexity index is 917. The summed E-state index contributed by atoms with van der Waals surface area (Å²) in [6.07, 6.45) is 2.04. The number of benzene rings is 1. The molecule has 1 heterocycles. The van der Waals surface area contributed by atoms with Crippen LogP contribution in [0.15, 0.2) is 39.6 Å². The van der Waals surface area contributed by atoms with Gasteiger partial charge in [0.1, 0.15) is 15.5 Å². The Morgan fingerprint density at radius 3 is 2.52 bits per heavy atom. The molecule has 0 aliphatic rings. The molecule has 0 fully saturated rings. The maximum absolute atomic E-state index is 12.5. The molecular weight excluding hydrogens is 386 g/mol. The summed E-state index contributed by atoms with van der Waals surface area (Å²) in [4.78, 5) is 14.2. The minimum Gasteiger partial charge on any atom is -0.465 e. The molecule has 2 rings (SSSR count). The number of carbonyl (C=O) groups excluding carboxylic acids is 1. The van der Waals surface area contributed by atoms with E-state index in [2.05, 4.69) is 10.5 Å². The number of hydrogen-bond donors (Lipinski definition) is 1. The van der Waals surface area contributed by atoms with E-state index in [9.17, 15) is 13.2 Å². The smallest absolute Gasteiger partial charge is 0.350 e. The van der Waals surface area contributed by atoms with Gasteiger partial charge in [0.2, 0.25) is 0 Å². The van der Waals surface area contributed by atoms with Crippen LogP contribution in [0, 0.1) is 0 Å². The average molecular weight is 410 g/mol. The number of sulfone groups is 1. The molecule has 1 N–H and O–H groups in total. The number of nitrogens with one attached hydrogen (secondary N) is 1. The molecule has 0 atom stereocenters. The van der Waals surface area contributed by atoms with Crippen molar-refractivity contribution in [1.29, 1.82) is 0 Å². The van der Waals surface area contributed by atoms with Crippen LogP contribution in [-0.4, -0.2) is 47.6 Å². The number of hydrazone groups is 1. The van der Waals surface area contributed by atoms with Gasteiger partial charge in [0.15, 0.2) is 9.84 Å². The quantitative estimate of drug-likeness (QED) is 0.409. The zero-order chi connectivity index (χ0) is 20.0. The summed E-state index contributed by atoms with van der Waals surface area (Å²) in [7, 11) is 1.64. The topological polar surface area (TPSA) is 88.1 Å². The minimum absolute atomic E-state index is 0.00522. The van der Waals surface area contributed by atoms with E-state index in [4.69, 9.17) is 4.74 Å². The van der Waals surface area contributed by atoms with Gasteiger partial charge in [-0.15, -0.1) is 11.3 Å². The Morgan fingerprint density at radius 1 is 1.30 bits per heavy atom. The van der Waals surface area contributed by atoms with Crippen LogP contribution in [-0.2, 0) is 14.6 Å². The predicted molar refractivity (Wildman–Crippen MR) is 110 cm³/mol. The fraction of sp³-hybridized carbons (Fsp3) is 0.333. The Kier molecular flexibility index (Phi) is 6.98. The molecule has 1 aromatic carbocycles. The van der Waals surface area contributed by atoms with Crippen molar-refractivity contribution >= 4 is 44.7 Å². The Labute approximate surface area is 163 Å². The third kappa shape index (κ3) is 5.08. The highest BCUT2D eigenvalue weighted by molar-refractivity contribution is 7.91. The summed E-state index contributed by atoms with van der Waals surface area (Å²) < 4.78 is 29.7. The van der Waals surface area contributed by atoms with Crippen molar-refractivity contribution in [3.63, 3.8) is 0 Å². The molecule has 0 radical (unpaired) electrons. The first-order valence-electron chi connectivity index (χ1n) is 8.29. The number of carbonyl (C=O) groups is 1. The van der Waals surface area contributed by atoms with Crippen LogP contribution in [0.1, 0.15) is 28.6 Å². The summed E-state index contributed by atoms with van der Waals surface area (Å²) >= 11 is 1.02. The summed E-state index contributed by atoms with van der Waals surface area (Å²) in [6.45, 7) is 1.79. The number of methoxy groups -OCH3 is 1. The van der Waals surface area contributed by atoms with Crippen molar-refractivity contribution in [3.8, 4) is 0 Å². The van der Waals surface area contributed by atoms with E-state index in [0.717, 1.165) is 22.6 Å². The van der Waals surface area contributed by atoms with Crippen molar-refractivity contribution in [3.05, 3.63) is 40.1 Å². The highest BCUT2D eigenvalue weighted by Crippen LogP contribution is 2.33. The van der Waals surface area contributed by atoms with Gasteiger partial charge in [-0.3, -0.25) is 5.43 Å². The van der Waals surface area contributed by atoms with Crippen molar-refractivity contribution in [1.82, 2.24) is 0 Å². The molecule has 9 heteroatoms. The van der Waals surface area contributed by atoms with Gasteiger partial charge in [-0.1, -0.05) is 19.1 Å². The lowest BCUT2D eigenvalue weighted by Crippen LogP contribution is -2.09. The van der Waals surface area contributed by atoms with E-state index >= 15 is 0 Å². The first-order valence-corrected chi connectivity index (χ1v) is 10.8. The highest BCUT2D eigenvalue weighted by atomic mass is 32.2. The monoisotopic (exact) mass is 409 g/mol. The lowest BCUT2D eigenvalue weighted by atomic mass is 10.2. The van der Waals surface area contributed by atoms with E-state index in [1.807, 2.05) is 43.3 Å². The molecule has 7 nitrogen and oxygen atoms in total. The van der Waals surface area contributed by atoms with Crippen LogP contribution >= 0.6 is 11.3 Å². The van der Waals surface area contributed by atoms with Gasteiger partial charge in [-0.25, -0.2) is 13.2 Å². The van der Waals surface area contributed by atoms with Crippen LogP contribution in [0.25, 0.3) is 0 Å². The summed E-state index contributed by atoms with van der Waals surface area (Å²) in [5, 5.41) is 5.56. The lowest BCUT2D eigenvalue weighted by molar-refractivity contribution is 0.0607. The maximum Gasteiger partial charge on any atom is 0.350 e. The van der Waals surface area contributed by atoms with Crippen molar-refractivity contribution in [2.45, 2.75) is 18.2 Å². The van der Waals surface area contributed by atoms with Gasteiger partial charge in [-0.2, -0.15) is 5.10 Å². The first kappa shape index (κ1) is 20.9. The number of anilines is 2. The van der Waals surface area contributed by atoms with Crippen molar-refractivity contribution in [2.24, 2.45) is 5.10 Å². The molecule has 0 saturated heterocycles. The van der Waals surface area contributed by atoms with Crippen LogP contribution in [0.4, 0.5) is 11.4 Å². The van der Waals surface area contributed by atoms with E-state index in [0.29, 0.717) is 6.42 Å². The zero-order valence-corrected chi connectivity index (χ0v) is 17.4. The van der Waals surface area contributed by atoms with E-state index in [1.165, 1.54) is 12.5 Å². The van der Waals surface area contributed by atoms with Crippen molar-refractivity contribution in [2.75, 3.05) is 37.3 Å². The van der Waals surface area contributed by atoms with Crippen LogP contribution in [0.3, 0.4) is 0 Å².